The SMILES string of the molecule is COC(=O)CCCNC(=O)CC1CCC(=O)N1Cc1ccc(C)cc1. The lowest BCUT2D eigenvalue weighted by molar-refractivity contribution is -0.141. The monoisotopic (exact) mass is 346 g/mol. The number of carbonyl (C=O) groups excluding carboxylic acids is 3. The fourth-order valence-corrected chi connectivity index (χ4v) is 2.96. The standard InChI is InChI=1S/C19H26N2O4/c1-14-5-7-15(8-6-14)13-21-16(9-10-18(21)23)12-17(22)20-11-3-4-19(24)25-2/h5-8,16H,3-4,9-13H2,1-2H3,(H,20,22). The predicted octanol–water partition coefficient (Wildman–Crippen LogP) is 1.95. The molecular formula is C19H26N2O4. The number of rotatable bonds is 8. The van der Waals surface area contributed by atoms with Crippen molar-refractivity contribution in [2.24, 2.45) is 0 Å². The van der Waals surface area contributed by atoms with Crippen LogP contribution in [0.5, 0.6) is 0 Å². The molecule has 0 radical (unpaired) electrons. The van der Waals surface area contributed by atoms with E-state index < -0.39 is 0 Å². The molecule has 6 nitrogen and oxygen atoms in total. The van der Waals surface area contributed by atoms with Crippen molar-refractivity contribution in [2.75, 3.05) is 13.7 Å². The first-order valence-corrected chi connectivity index (χ1v) is 8.68. The summed E-state index contributed by atoms with van der Waals surface area (Å²) in [7, 11) is 1.35. The maximum Gasteiger partial charge on any atom is 0.305 e. The molecule has 1 atom stereocenters. The van der Waals surface area contributed by atoms with E-state index in [1.54, 1.807) is 4.90 Å². The molecular weight excluding hydrogens is 320 g/mol. The van der Waals surface area contributed by atoms with Crippen molar-refractivity contribution in [2.45, 2.75) is 51.6 Å². The lowest BCUT2D eigenvalue weighted by Crippen LogP contribution is -2.37. The second-order valence-electron chi connectivity index (χ2n) is 6.43. The molecule has 25 heavy (non-hydrogen) atoms. The number of carbonyl (C=O) groups is 3. The fourth-order valence-electron chi connectivity index (χ4n) is 2.96. The van der Waals surface area contributed by atoms with E-state index in [1.165, 1.54) is 12.7 Å². The van der Waals surface area contributed by atoms with Gasteiger partial charge >= 0.3 is 5.97 Å². The molecule has 2 rings (SSSR count). The predicted molar refractivity (Wildman–Crippen MR) is 93.6 cm³/mol. The summed E-state index contributed by atoms with van der Waals surface area (Å²) in [5, 5.41) is 2.81. The number of hydrogen-bond acceptors (Lipinski definition) is 4. The first-order valence-electron chi connectivity index (χ1n) is 8.68. The maximum absolute atomic E-state index is 12.1. The van der Waals surface area contributed by atoms with Crippen LogP contribution in [0, 0.1) is 6.92 Å². The minimum absolute atomic E-state index is 0.0607. The van der Waals surface area contributed by atoms with Crippen LogP contribution in [0.25, 0.3) is 0 Å². The lowest BCUT2D eigenvalue weighted by atomic mass is 10.1. The molecule has 0 bridgehead atoms. The Morgan fingerprint density at radius 1 is 1.28 bits per heavy atom. The Morgan fingerprint density at radius 3 is 2.68 bits per heavy atom. The van der Waals surface area contributed by atoms with Gasteiger partial charge in [0.2, 0.25) is 11.8 Å². The molecule has 0 saturated carbocycles. The Morgan fingerprint density at radius 2 is 2.00 bits per heavy atom. The van der Waals surface area contributed by atoms with Gasteiger partial charge in [-0.25, -0.2) is 0 Å². The van der Waals surface area contributed by atoms with Crippen LogP contribution in [0.4, 0.5) is 0 Å². The smallest absolute Gasteiger partial charge is 0.305 e. The third kappa shape index (κ3) is 5.89. The van der Waals surface area contributed by atoms with Crippen molar-refractivity contribution < 1.29 is 19.1 Å². The van der Waals surface area contributed by atoms with Gasteiger partial charge in [-0.05, 0) is 25.3 Å². The second-order valence-corrected chi connectivity index (χ2v) is 6.43. The van der Waals surface area contributed by atoms with Gasteiger partial charge in [0, 0.05) is 38.4 Å². The summed E-state index contributed by atoms with van der Waals surface area (Å²) >= 11 is 0. The quantitative estimate of drug-likeness (QED) is 0.577. The minimum Gasteiger partial charge on any atom is -0.469 e. The van der Waals surface area contributed by atoms with Gasteiger partial charge in [0.15, 0.2) is 0 Å². The number of amides is 2. The van der Waals surface area contributed by atoms with Crippen molar-refractivity contribution in [1.29, 1.82) is 0 Å². The number of ether oxygens (including phenoxy) is 1. The molecule has 0 spiro atoms. The van der Waals surface area contributed by atoms with Crippen molar-refractivity contribution >= 4 is 17.8 Å². The molecule has 0 aliphatic carbocycles. The molecule has 1 N–H and O–H groups in total. The van der Waals surface area contributed by atoms with Crippen LogP contribution in [0.2, 0.25) is 0 Å². The third-order valence-electron chi connectivity index (χ3n) is 4.45. The molecule has 1 fully saturated rings. The molecule has 1 heterocycles. The summed E-state index contributed by atoms with van der Waals surface area (Å²) < 4.78 is 4.56. The van der Waals surface area contributed by atoms with Gasteiger partial charge < -0.3 is 15.0 Å². The highest BCUT2D eigenvalue weighted by Crippen LogP contribution is 2.24. The largest absolute Gasteiger partial charge is 0.469 e. The summed E-state index contributed by atoms with van der Waals surface area (Å²) in [6.45, 7) is 3.00. The van der Waals surface area contributed by atoms with E-state index in [0.717, 1.165) is 5.56 Å². The number of likely N-dealkylation sites (tertiary alicyclic amines) is 1. The van der Waals surface area contributed by atoms with Gasteiger partial charge in [0.1, 0.15) is 0 Å². The minimum atomic E-state index is -0.278. The van der Waals surface area contributed by atoms with Gasteiger partial charge in [-0.3, -0.25) is 14.4 Å². The van der Waals surface area contributed by atoms with Crippen molar-refractivity contribution in [1.82, 2.24) is 10.2 Å². The zero-order valence-corrected chi connectivity index (χ0v) is 14.9. The number of hydrogen-bond donors (Lipinski definition) is 1. The van der Waals surface area contributed by atoms with Crippen LogP contribution in [0.3, 0.4) is 0 Å². The molecule has 2 amide bonds. The molecule has 1 aromatic carbocycles. The van der Waals surface area contributed by atoms with Gasteiger partial charge in [-0.2, -0.15) is 0 Å². The van der Waals surface area contributed by atoms with Crippen LogP contribution in [0.1, 0.15) is 43.2 Å². The van der Waals surface area contributed by atoms with Crippen molar-refractivity contribution in [3.63, 3.8) is 0 Å². The van der Waals surface area contributed by atoms with Crippen LogP contribution >= 0.6 is 0 Å². The molecule has 136 valence electrons. The average molecular weight is 346 g/mol. The van der Waals surface area contributed by atoms with E-state index in [4.69, 9.17) is 0 Å². The molecule has 1 aliphatic rings. The number of methoxy groups -OCH3 is 1. The summed E-state index contributed by atoms with van der Waals surface area (Å²) in [6, 6.07) is 8.03. The van der Waals surface area contributed by atoms with E-state index in [0.29, 0.717) is 38.8 Å². The van der Waals surface area contributed by atoms with E-state index >= 15 is 0 Å². The molecule has 0 aromatic heterocycles. The van der Waals surface area contributed by atoms with Gasteiger partial charge in [0.25, 0.3) is 0 Å². The van der Waals surface area contributed by atoms with Crippen molar-refractivity contribution in [3.05, 3.63) is 35.4 Å². The number of benzene rings is 1. The van der Waals surface area contributed by atoms with Crippen LogP contribution in [-0.2, 0) is 25.7 Å². The van der Waals surface area contributed by atoms with Crippen LogP contribution in [0.15, 0.2) is 24.3 Å². The zero-order valence-electron chi connectivity index (χ0n) is 14.9. The third-order valence-corrected chi connectivity index (χ3v) is 4.45. The normalized spacial score (nSPS) is 16.8. The van der Waals surface area contributed by atoms with E-state index in [-0.39, 0.29) is 30.2 Å². The molecule has 1 aliphatic heterocycles. The highest BCUT2D eigenvalue weighted by Gasteiger charge is 2.32. The summed E-state index contributed by atoms with van der Waals surface area (Å²) in [5.41, 5.74) is 2.25. The first-order chi connectivity index (χ1) is 12.0. The zero-order chi connectivity index (χ0) is 18.2. The van der Waals surface area contributed by atoms with Crippen molar-refractivity contribution in [3.8, 4) is 0 Å². The van der Waals surface area contributed by atoms with E-state index in [1.807, 2.05) is 31.2 Å². The topological polar surface area (TPSA) is 75.7 Å². The molecule has 1 aromatic rings. The Balaban J connectivity index is 1.81. The molecule has 6 heteroatoms. The number of aryl methyl sites for hydroxylation is 1. The van der Waals surface area contributed by atoms with Crippen LogP contribution in [-0.4, -0.2) is 42.4 Å². The molecule has 1 saturated heterocycles. The van der Waals surface area contributed by atoms with Gasteiger partial charge in [-0.1, -0.05) is 29.8 Å². The Labute approximate surface area is 148 Å². The Hall–Kier alpha value is -2.37. The first kappa shape index (κ1) is 19.0. The fraction of sp³-hybridized carbons (Fsp3) is 0.526. The summed E-state index contributed by atoms with van der Waals surface area (Å²) in [4.78, 5) is 37.1. The Bertz CT molecular complexity index is 612. The number of nitrogens with one attached hydrogen (secondary N) is 1. The maximum atomic E-state index is 12.1. The summed E-state index contributed by atoms with van der Waals surface area (Å²) in [6.07, 6.45) is 2.34. The van der Waals surface area contributed by atoms with Gasteiger partial charge in [-0.15, -0.1) is 0 Å². The Kier molecular flexibility index (Phi) is 6.98. The van der Waals surface area contributed by atoms with E-state index in [9.17, 15) is 14.4 Å². The van der Waals surface area contributed by atoms with Gasteiger partial charge in [0.05, 0.1) is 7.11 Å². The number of nitrogens with zero attached hydrogens (tertiary/aromatic N) is 1. The van der Waals surface area contributed by atoms with Crippen LogP contribution < -0.4 is 5.32 Å². The second kappa shape index (κ2) is 9.20. The molecule has 1 unspecified atom stereocenters. The highest BCUT2D eigenvalue weighted by atomic mass is 16.5. The average Bonchev–Trinajstić information content (AvgIpc) is 2.93. The lowest BCUT2D eigenvalue weighted by Gasteiger charge is -2.24. The number of esters is 1. The highest BCUT2D eigenvalue weighted by molar-refractivity contribution is 5.82. The van der Waals surface area contributed by atoms with E-state index in [2.05, 4.69) is 10.1 Å². The summed E-state index contributed by atoms with van der Waals surface area (Å²) in [5.74, 6) is -0.262.